The molecule has 0 saturated carbocycles. The summed E-state index contributed by atoms with van der Waals surface area (Å²) in [7, 11) is 0. The van der Waals surface area contributed by atoms with Gasteiger partial charge in [-0.1, -0.05) is 36.4 Å². The molecule has 0 spiro atoms. The third-order valence-electron chi connectivity index (χ3n) is 4.82. The zero-order valence-electron chi connectivity index (χ0n) is 14.9. The molecule has 1 atom stereocenters. The minimum absolute atomic E-state index is 0.0917. The minimum atomic E-state index is -0.369. The number of phenolic OH excluding ortho intramolecular Hbond substituents is 1. The summed E-state index contributed by atoms with van der Waals surface area (Å²) in [6, 6.07) is 18.1. The average molecular weight is 358 g/mol. The van der Waals surface area contributed by atoms with Gasteiger partial charge in [-0.2, -0.15) is 0 Å². The largest absolute Gasteiger partial charge is 0.505 e. The van der Waals surface area contributed by atoms with Crippen LogP contribution < -0.4 is 0 Å². The lowest BCUT2D eigenvalue weighted by Gasteiger charge is -2.20. The Balaban J connectivity index is 1.88. The Hall–Kier alpha value is -3.27. The zero-order chi connectivity index (χ0) is 18.8. The number of nitrogens with zero attached hydrogens (tertiary/aromatic N) is 2. The van der Waals surface area contributed by atoms with E-state index in [9.17, 15) is 9.50 Å². The van der Waals surface area contributed by atoms with Crippen LogP contribution in [0.3, 0.4) is 0 Å². The maximum Gasteiger partial charge on any atom is 0.145 e. The highest BCUT2D eigenvalue weighted by molar-refractivity contribution is 5.85. The first kappa shape index (κ1) is 17.2. The second-order valence-electron chi connectivity index (χ2n) is 6.68. The van der Waals surface area contributed by atoms with E-state index in [0.29, 0.717) is 23.1 Å². The molecule has 4 aromatic rings. The number of benzene rings is 2. The molecule has 0 saturated heterocycles. The summed E-state index contributed by atoms with van der Waals surface area (Å²) in [5.74, 6) is -0.573. The lowest BCUT2D eigenvalue weighted by atomic mass is 9.85. The monoisotopic (exact) mass is 358 g/mol. The fourth-order valence-corrected chi connectivity index (χ4v) is 3.49. The lowest BCUT2D eigenvalue weighted by Crippen LogP contribution is -2.09. The fraction of sp³-hybridized carbons (Fsp3) is 0.130. The third kappa shape index (κ3) is 3.38. The zero-order valence-corrected chi connectivity index (χ0v) is 14.9. The number of aromatic nitrogens is 2. The molecule has 0 aliphatic rings. The topological polar surface area (TPSA) is 46.0 Å². The van der Waals surface area contributed by atoms with Crippen molar-refractivity contribution in [3.05, 3.63) is 101 Å². The van der Waals surface area contributed by atoms with Gasteiger partial charge in [0.25, 0.3) is 0 Å². The van der Waals surface area contributed by atoms with Gasteiger partial charge >= 0.3 is 0 Å². The summed E-state index contributed by atoms with van der Waals surface area (Å²) in [6.07, 6.45) is 3.88. The van der Waals surface area contributed by atoms with E-state index >= 15 is 0 Å². The van der Waals surface area contributed by atoms with E-state index in [1.165, 1.54) is 6.07 Å². The van der Waals surface area contributed by atoms with Crippen molar-refractivity contribution in [1.29, 1.82) is 0 Å². The van der Waals surface area contributed by atoms with Crippen molar-refractivity contribution in [2.75, 3.05) is 0 Å². The quantitative estimate of drug-likeness (QED) is 0.548. The summed E-state index contributed by atoms with van der Waals surface area (Å²) in [6.45, 7) is 2.00. The smallest absolute Gasteiger partial charge is 0.145 e. The highest BCUT2D eigenvalue weighted by Gasteiger charge is 2.23. The van der Waals surface area contributed by atoms with Crippen LogP contribution in [0.25, 0.3) is 10.9 Å². The molecule has 2 aromatic heterocycles. The summed E-state index contributed by atoms with van der Waals surface area (Å²) in [4.78, 5) is 8.73. The predicted molar refractivity (Wildman–Crippen MR) is 104 cm³/mol. The molecule has 0 aliphatic heterocycles. The van der Waals surface area contributed by atoms with E-state index in [1.54, 1.807) is 24.5 Å². The van der Waals surface area contributed by atoms with Crippen LogP contribution in [-0.2, 0) is 6.42 Å². The van der Waals surface area contributed by atoms with Gasteiger partial charge in [0.2, 0.25) is 0 Å². The van der Waals surface area contributed by atoms with Crippen LogP contribution in [0.15, 0.2) is 73.1 Å². The van der Waals surface area contributed by atoms with Gasteiger partial charge in [0, 0.05) is 41.4 Å². The van der Waals surface area contributed by atoms with Gasteiger partial charge in [-0.15, -0.1) is 0 Å². The Labute approximate surface area is 157 Å². The third-order valence-corrected chi connectivity index (χ3v) is 4.82. The van der Waals surface area contributed by atoms with Crippen molar-refractivity contribution in [1.82, 2.24) is 9.97 Å². The average Bonchev–Trinajstić information content (AvgIpc) is 2.68. The minimum Gasteiger partial charge on any atom is -0.505 e. The van der Waals surface area contributed by atoms with Crippen LogP contribution in [0, 0.1) is 12.7 Å². The van der Waals surface area contributed by atoms with Crippen LogP contribution >= 0.6 is 0 Å². The Bertz CT molecular complexity index is 1110. The van der Waals surface area contributed by atoms with E-state index in [-0.39, 0.29) is 17.5 Å². The number of aromatic hydroxyl groups is 1. The van der Waals surface area contributed by atoms with E-state index < -0.39 is 0 Å². The van der Waals surface area contributed by atoms with E-state index in [2.05, 4.69) is 9.97 Å². The molecule has 1 N–H and O–H groups in total. The molecule has 0 radical (unpaired) electrons. The van der Waals surface area contributed by atoms with Crippen LogP contribution in [0.2, 0.25) is 0 Å². The second-order valence-corrected chi connectivity index (χ2v) is 6.68. The number of rotatable bonds is 4. The number of pyridine rings is 2. The van der Waals surface area contributed by atoms with Gasteiger partial charge in [-0.25, -0.2) is 4.39 Å². The van der Waals surface area contributed by atoms with Crippen molar-refractivity contribution in [3.63, 3.8) is 0 Å². The molecule has 4 heteroatoms. The molecule has 0 bridgehead atoms. The van der Waals surface area contributed by atoms with Gasteiger partial charge in [0.05, 0.1) is 0 Å². The molecule has 0 aliphatic carbocycles. The Morgan fingerprint density at radius 2 is 1.78 bits per heavy atom. The normalized spacial score (nSPS) is 12.2. The maximum atomic E-state index is 14.6. The first-order valence-corrected chi connectivity index (χ1v) is 8.86. The van der Waals surface area contributed by atoms with Gasteiger partial charge in [-0.3, -0.25) is 9.97 Å². The number of phenols is 1. The molecule has 0 fully saturated rings. The van der Waals surface area contributed by atoms with Gasteiger partial charge in [-0.05, 0) is 42.3 Å². The number of hydrogen-bond acceptors (Lipinski definition) is 3. The summed E-state index contributed by atoms with van der Waals surface area (Å²) < 4.78 is 14.6. The summed E-state index contributed by atoms with van der Waals surface area (Å²) >= 11 is 0. The number of aryl methyl sites for hydroxylation is 1. The first-order valence-electron chi connectivity index (χ1n) is 8.86. The molecular formula is C23H19FN2O. The van der Waals surface area contributed by atoms with Crippen LogP contribution in [0.1, 0.15) is 28.3 Å². The molecule has 134 valence electrons. The molecule has 27 heavy (non-hydrogen) atoms. The van der Waals surface area contributed by atoms with Crippen LogP contribution in [0.5, 0.6) is 5.75 Å². The van der Waals surface area contributed by atoms with Gasteiger partial charge in [0.15, 0.2) is 0 Å². The maximum absolute atomic E-state index is 14.6. The number of fused-ring (bicyclic) bond motifs is 1. The Morgan fingerprint density at radius 3 is 2.59 bits per heavy atom. The van der Waals surface area contributed by atoms with E-state index in [4.69, 9.17) is 0 Å². The van der Waals surface area contributed by atoms with Crippen molar-refractivity contribution in [3.8, 4) is 5.75 Å². The van der Waals surface area contributed by atoms with Crippen molar-refractivity contribution >= 4 is 10.9 Å². The number of halogens is 1. The molecule has 3 nitrogen and oxygen atoms in total. The highest BCUT2D eigenvalue weighted by Crippen LogP contribution is 2.38. The number of hydrogen-bond donors (Lipinski definition) is 1. The fourth-order valence-electron chi connectivity index (χ4n) is 3.49. The van der Waals surface area contributed by atoms with Crippen molar-refractivity contribution < 1.29 is 9.50 Å². The molecule has 0 amide bonds. The van der Waals surface area contributed by atoms with Crippen LogP contribution in [0.4, 0.5) is 4.39 Å². The molecule has 2 aromatic carbocycles. The first-order chi connectivity index (χ1) is 13.1. The highest BCUT2D eigenvalue weighted by atomic mass is 19.1. The van der Waals surface area contributed by atoms with E-state index in [1.807, 2.05) is 49.4 Å². The molecular weight excluding hydrogens is 339 g/mol. The van der Waals surface area contributed by atoms with Crippen molar-refractivity contribution in [2.45, 2.75) is 19.3 Å². The van der Waals surface area contributed by atoms with Gasteiger partial charge < -0.3 is 5.11 Å². The lowest BCUT2D eigenvalue weighted by molar-refractivity contribution is 0.468. The molecule has 1 unspecified atom stereocenters. The molecule has 2 heterocycles. The SMILES string of the molecule is Cc1ccnc(CC(c2ccccc2F)c2ccc3cccnc3c2O)c1. The second kappa shape index (κ2) is 7.16. The standard InChI is InChI=1S/C23H19FN2O/c1-15-10-12-25-17(13-15)14-20(18-6-2-3-7-21(18)24)19-9-8-16-5-4-11-26-22(16)23(19)27/h2-13,20,27H,14H2,1H3. The summed E-state index contributed by atoms with van der Waals surface area (Å²) in [5, 5.41) is 11.7. The predicted octanol–water partition coefficient (Wildman–Crippen LogP) is 5.16. The summed E-state index contributed by atoms with van der Waals surface area (Å²) in [5.41, 5.74) is 3.65. The van der Waals surface area contributed by atoms with E-state index in [0.717, 1.165) is 16.6 Å². The van der Waals surface area contributed by atoms with Crippen LogP contribution in [-0.4, -0.2) is 15.1 Å². The Kier molecular flexibility index (Phi) is 4.55. The van der Waals surface area contributed by atoms with Crippen molar-refractivity contribution in [2.24, 2.45) is 0 Å². The van der Waals surface area contributed by atoms with Gasteiger partial charge in [0.1, 0.15) is 17.1 Å². The Morgan fingerprint density at radius 1 is 0.926 bits per heavy atom. The molecule has 4 rings (SSSR count).